The molecule has 0 aromatic carbocycles. The molecule has 0 aliphatic carbocycles. The first-order valence-electron chi connectivity index (χ1n) is 22.0. The number of phosphoric ester groups is 1. The number of rotatable bonds is 42. The summed E-state index contributed by atoms with van der Waals surface area (Å²) in [7, 11) is -4.37. The summed E-state index contributed by atoms with van der Waals surface area (Å²) in [5.74, 6) is -0.813. The first-order valence-corrected chi connectivity index (χ1v) is 23.5. The minimum Gasteiger partial charge on any atom is -0.462 e. The first kappa shape index (κ1) is 51.0. The van der Waals surface area contributed by atoms with E-state index in [1.165, 1.54) is 161 Å². The van der Waals surface area contributed by atoms with E-state index in [1.54, 1.807) is 0 Å². The number of phosphoric acid groups is 1. The Labute approximate surface area is 320 Å². The first-order chi connectivity index (χ1) is 25.3. The Morgan fingerprint density at radius 2 is 0.827 bits per heavy atom. The summed E-state index contributed by atoms with van der Waals surface area (Å²) in [6, 6.07) is 0. The van der Waals surface area contributed by atoms with Crippen LogP contribution in [0.2, 0.25) is 0 Å². The van der Waals surface area contributed by atoms with Crippen LogP contribution in [-0.4, -0.2) is 49.3 Å². The summed E-state index contributed by atoms with van der Waals surface area (Å²) in [6.45, 7) is 3.77. The summed E-state index contributed by atoms with van der Waals surface area (Å²) >= 11 is 0. The summed E-state index contributed by atoms with van der Waals surface area (Å²) in [5.41, 5.74) is 5.35. The average molecular weight is 762 g/mol. The quantitative estimate of drug-likeness (QED) is 0.0354. The second-order valence-electron chi connectivity index (χ2n) is 14.9. The third-order valence-electron chi connectivity index (χ3n) is 9.74. The molecule has 0 aromatic rings. The van der Waals surface area contributed by atoms with Crippen LogP contribution in [0.15, 0.2) is 0 Å². The molecule has 0 amide bonds. The van der Waals surface area contributed by atoms with Crippen LogP contribution in [0.5, 0.6) is 0 Å². The van der Waals surface area contributed by atoms with Crippen LogP contribution in [0.1, 0.15) is 226 Å². The van der Waals surface area contributed by atoms with Crippen LogP contribution >= 0.6 is 7.82 Å². The molecule has 0 radical (unpaired) electrons. The maximum Gasteiger partial charge on any atom is 0.472 e. The van der Waals surface area contributed by atoms with Crippen molar-refractivity contribution < 1.29 is 37.6 Å². The fraction of sp³-hybridized carbons (Fsp3) is 0.952. The molecule has 2 unspecified atom stereocenters. The number of carbonyl (C=O) groups is 2. The molecule has 0 aromatic heterocycles. The SMILES string of the molecule is CCCCCCCCCCCCCCCCCCCCC(=O)OC(COC(=O)CCCCCCCCCCCCCCC)COP(=O)(O)OCCN. The van der Waals surface area contributed by atoms with Crippen molar-refractivity contribution in [3.63, 3.8) is 0 Å². The van der Waals surface area contributed by atoms with Crippen molar-refractivity contribution in [1.29, 1.82) is 0 Å². The molecular weight excluding hydrogens is 677 g/mol. The van der Waals surface area contributed by atoms with Gasteiger partial charge in [0.25, 0.3) is 0 Å². The smallest absolute Gasteiger partial charge is 0.462 e. The molecule has 0 rings (SSSR count). The van der Waals surface area contributed by atoms with Crippen LogP contribution < -0.4 is 5.73 Å². The highest BCUT2D eigenvalue weighted by atomic mass is 31.2. The second kappa shape index (κ2) is 39.7. The van der Waals surface area contributed by atoms with Crippen molar-refractivity contribution in [2.75, 3.05) is 26.4 Å². The van der Waals surface area contributed by atoms with E-state index in [-0.39, 0.29) is 38.6 Å². The Morgan fingerprint density at radius 3 is 1.17 bits per heavy atom. The molecule has 0 saturated heterocycles. The Balaban J connectivity index is 4.08. The standard InChI is InChI=1S/C42H84NO8P/c1-3-5-7-9-11-13-15-17-18-19-20-21-23-25-27-29-31-33-35-42(45)51-40(39-50-52(46,47)49-37-36-43)38-48-41(44)34-32-30-28-26-24-22-16-14-12-10-8-6-4-2/h40H,3-39,43H2,1-2H3,(H,46,47). The Morgan fingerprint density at radius 1 is 0.500 bits per heavy atom. The largest absolute Gasteiger partial charge is 0.472 e. The van der Waals surface area contributed by atoms with E-state index in [9.17, 15) is 19.0 Å². The average Bonchev–Trinajstić information content (AvgIpc) is 3.13. The highest BCUT2D eigenvalue weighted by Gasteiger charge is 2.26. The number of hydrogen-bond donors (Lipinski definition) is 2. The predicted octanol–water partition coefficient (Wildman–Crippen LogP) is 12.4. The third-order valence-corrected chi connectivity index (χ3v) is 10.7. The van der Waals surface area contributed by atoms with E-state index in [0.717, 1.165) is 32.1 Å². The van der Waals surface area contributed by atoms with E-state index in [4.69, 9.17) is 24.3 Å². The number of esters is 2. The second-order valence-corrected chi connectivity index (χ2v) is 16.4. The molecule has 52 heavy (non-hydrogen) atoms. The molecule has 0 fully saturated rings. The van der Waals surface area contributed by atoms with Gasteiger partial charge in [-0.25, -0.2) is 4.57 Å². The summed E-state index contributed by atoms with van der Waals surface area (Å²) in [4.78, 5) is 34.8. The van der Waals surface area contributed by atoms with Crippen molar-refractivity contribution in [3.8, 4) is 0 Å². The van der Waals surface area contributed by atoms with Gasteiger partial charge >= 0.3 is 19.8 Å². The minimum absolute atomic E-state index is 0.0581. The van der Waals surface area contributed by atoms with Crippen LogP contribution in [0.3, 0.4) is 0 Å². The molecule has 2 atom stereocenters. The van der Waals surface area contributed by atoms with E-state index < -0.39 is 26.5 Å². The van der Waals surface area contributed by atoms with E-state index in [0.29, 0.717) is 6.42 Å². The highest BCUT2D eigenvalue weighted by molar-refractivity contribution is 7.47. The summed E-state index contributed by atoms with van der Waals surface area (Å²) in [6.07, 6.45) is 38.4. The minimum atomic E-state index is -4.37. The lowest BCUT2D eigenvalue weighted by atomic mass is 10.0. The van der Waals surface area contributed by atoms with E-state index >= 15 is 0 Å². The number of nitrogens with two attached hydrogens (primary N) is 1. The number of unbranched alkanes of at least 4 members (excludes halogenated alkanes) is 29. The van der Waals surface area contributed by atoms with Crippen molar-refractivity contribution in [2.24, 2.45) is 5.73 Å². The maximum absolute atomic E-state index is 12.6. The summed E-state index contributed by atoms with van der Waals surface area (Å²) in [5, 5.41) is 0. The lowest BCUT2D eigenvalue weighted by molar-refractivity contribution is -0.161. The van der Waals surface area contributed by atoms with Gasteiger partial charge in [0.05, 0.1) is 13.2 Å². The molecule has 9 nitrogen and oxygen atoms in total. The van der Waals surface area contributed by atoms with E-state index in [1.807, 2.05) is 0 Å². The zero-order valence-corrected chi connectivity index (χ0v) is 35.0. The van der Waals surface area contributed by atoms with Gasteiger partial charge < -0.3 is 20.1 Å². The molecule has 0 saturated carbocycles. The fourth-order valence-electron chi connectivity index (χ4n) is 6.46. The number of ether oxygens (including phenoxy) is 2. The summed E-state index contributed by atoms with van der Waals surface area (Å²) < 4.78 is 32.8. The van der Waals surface area contributed by atoms with Crippen LogP contribution in [-0.2, 0) is 32.7 Å². The van der Waals surface area contributed by atoms with Crippen LogP contribution in [0, 0.1) is 0 Å². The number of carbonyl (C=O) groups excluding carboxylic acids is 2. The normalized spacial score (nSPS) is 13.2. The zero-order chi connectivity index (χ0) is 38.2. The van der Waals surface area contributed by atoms with Gasteiger partial charge in [-0.15, -0.1) is 0 Å². The van der Waals surface area contributed by atoms with Gasteiger partial charge in [0, 0.05) is 19.4 Å². The van der Waals surface area contributed by atoms with Crippen LogP contribution in [0.4, 0.5) is 0 Å². The molecule has 0 bridgehead atoms. The van der Waals surface area contributed by atoms with Crippen molar-refractivity contribution in [1.82, 2.24) is 0 Å². The van der Waals surface area contributed by atoms with Gasteiger partial charge in [-0.05, 0) is 12.8 Å². The van der Waals surface area contributed by atoms with Gasteiger partial charge in [-0.1, -0.05) is 200 Å². The predicted molar refractivity (Wildman–Crippen MR) is 215 cm³/mol. The molecule has 0 spiro atoms. The number of hydrogen-bond acceptors (Lipinski definition) is 8. The molecule has 0 aliphatic rings. The fourth-order valence-corrected chi connectivity index (χ4v) is 7.23. The van der Waals surface area contributed by atoms with Gasteiger partial charge in [0.1, 0.15) is 6.61 Å². The lowest BCUT2D eigenvalue weighted by Crippen LogP contribution is -2.29. The van der Waals surface area contributed by atoms with Crippen molar-refractivity contribution in [3.05, 3.63) is 0 Å². The molecule has 310 valence electrons. The van der Waals surface area contributed by atoms with Gasteiger partial charge in [-0.2, -0.15) is 0 Å². The lowest BCUT2D eigenvalue weighted by Gasteiger charge is -2.19. The van der Waals surface area contributed by atoms with E-state index in [2.05, 4.69) is 13.8 Å². The monoisotopic (exact) mass is 762 g/mol. The molecule has 3 N–H and O–H groups in total. The Hall–Kier alpha value is -0.990. The maximum atomic E-state index is 12.6. The van der Waals surface area contributed by atoms with Crippen molar-refractivity contribution >= 4 is 19.8 Å². The van der Waals surface area contributed by atoms with Gasteiger partial charge in [0.2, 0.25) is 0 Å². The topological polar surface area (TPSA) is 134 Å². The molecular formula is C42H84NO8P. The van der Waals surface area contributed by atoms with Gasteiger partial charge in [-0.3, -0.25) is 18.6 Å². The molecule has 10 heteroatoms. The third kappa shape index (κ3) is 38.7. The van der Waals surface area contributed by atoms with Crippen molar-refractivity contribution in [2.45, 2.75) is 232 Å². The van der Waals surface area contributed by atoms with Gasteiger partial charge in [0.15, 0.2) is 6.10 Å². The Kier molecular flexibility index (Phi) is 38.9. The molecule has 0 heterocycles. The molecule has 0 aliphatic heterocycles. The van der Waals surface area contributed by atoms with Crippen LogP contribution in [0.25, 0.3) is 0 Å². The highest BCUT2D eigenvalue weighted by Crippen LogP contribution is 2.43. The zero-order valence-electron chi connectivity index (χ0n) is 34.1. The Bertz CT molecular complexity index is 830.